The summed E-state index contributed by atoms with van der Waals surface area (Å²) in [6.45, 7) is -5.03. The third kappa shape index (κ3) is 1.22. The summed E-state index contributed by atoms with van der Waals surface area (Å²) in [6.07, 6.45) is 0. The fourth-order valence-corrected chi connectivity index (χ4v) is 0.532. The first kappa shape index (κ1) is 2.01. The Hall–Kier alpha value is -0.980. The number of hydrogen-bond acceptors (Lipinski definition) is 1. The maximum Gasteiger partial charge on any atom is 0.115 e. The molecule has 0 unspecified atom stereocenters. The summed E-state index contributed by atoms with van der Waals surface area (Å²) in [7, 11) is 0. The first-order chi connectivity index (χ1) is 6.62. The van der Waals surface area contributed by atoms with Crippen LogP contribution >= 0.6 is 0 Å². The van der Waals surface area contributed by atoms with E-state index in [-0.39, 0.29) is 16.9 Å². The number of benzene rings is 1. The van der Waals surface area contributed by atoms with Gasteiger partial charge in [0, 0.05) is 8.22 Å². The van der Waals surface area contributed by atoms with E-state index in [1.165, 1.54) is 0 Å². The molecule has 0 saturated heterocycles. The molecule has 1 aromatic carbocycles. The lowest BCUT2D eigenvalue weighted by Gasteiger charge is -1.97. The highest BCUT2D eigenvalue weighted by atomic mass is 16.3. The zero-order valence-corrected chi connectivity index (χ0v) is 4.68. The molecule has 0 bridgehead atoms. The summed E-state index contributed by atoms with van der Waals surface area (Å²) in [6, 6.07) is 3.25. The molecule has 0 radical (unpaired) electrons. The van der Waals surface area contributed by atoms with Crippen LogP contribution in [0.15, 0.2) is 18.2 Å². The molecule has 0 aliphatic rings. The number of hydrogen-bond donors (Lipinski definition) is 1. The van der Waals surface area contributed by atoms with Crippen LogP contribution in [0.25, 0.3) is 0 Å². The standard InChI is InChI=1S/C8H10O/c1-6-3-4-8(9)5-7(6)2/h3-5,9H,1-2H3/i1D3,2D3. The quantitative estimate of drug-likeness (QED) is 0.566. The Morgan fingerprint density at radius 2 is 2.11 bits per heavy atom. The first-order valence-electron chi connectivity index (χ1n) is 5.46. The molecule has 1 N–H and O–H groups in total. The average molecular weight is 128 g/mol. The Morgan fingerprint density at radius 1 is 1.33 bits per heavy atom. The molecule has 0 atom stereocenters. The Balaban J connectivity index is 3.41. The monoisotopic (exact) mass is 128 g/mol. The van der Waals surface area contributed by atoms with Gasteiger partial charge in [-0.25, -0.2) is 0 Å². The smallest absolute Gasteiger partial charge is 0.115 e. The maximum absolute atomic E-state index is 9.13. The van der Waals surface area contributed by atoms with Gasteiger partial charge in [-0.3, -0.25) is 0 Å². The van der Waals surface area contributed by atoms with Crippen molar-refractivity contribution >= 4 is 0 Å². The van der Waals surface area contributed by atoms with Gasteiger partial charge in [0.05, 0.1) is 0 Å². The van der Waals surface area contributed by atoms with Crippen molar-refractivity contribution < 1.29 is 13.3 Å². The summed E-state index contributed by atoms with van der Waals surface area (Å²) >= 11 is 0. The average Bonchev–Trinajstić information content (AvgIpc) is 2.00. The van der Waals surface area contributed by atoms with Gasteiger partial charge in [-0.1, -0.05) is 6.07 Å². The van der Waals surface area contributed by atoms with Gasteiger partial charge in [0.2, 0.25) is 0 Å². The van der Waals surface area contributed by atoms with Gasteiger partial charge < -0.3 is 5.11 Å². The summed E-state index contributed by atoms with van der Waals surface area (Å²) in [5, 5.41) is 9.13. The third-order valence-corrected chi connectivity index (χ3v) is 1.00. The second-order valence-electron chi connectivity index (χ2n) is 1.73. The largest absolute Gasteiger partial charge is 0.508 e. The molecule has 1 heteroatoms. The number of phenolic OH excluding ortho intramolecular Hbond substituents is 1. The molecule has 0 heterocycles. The van der Waals surface area contributed by atoms with E-state index >= 15 is 0 Å². The van der Waals surface area contributed by atoms with Gasteiger partial charge >= 0.3 is 0 Å². The van der Waals surface area contributed by atoms with Gasteiger partial charge in [0.1, 0.15) is 5.75 Å². The molecule has 0 saturated carbocycles. The van der Waals surface area contributed by atoms with E-state index in [2.05, 4.69) is 0 Å². The number of rotatable bonds is 0. The zero-order chi connectivity index (χ0) is 11.9. The van der Waals surface area contributed by atoms with Crippen LogP contribution < -0.4 is 0 Å². The number of phenols is 1. The molecule has 0 aromatic heterocycles. The second kappa shape index (κ2) is 2.09. The molecule has 0 amide bonds. The molecule has 0 aliphatic heterocycles. The number of aromatic hydroxyl groups is 1. The maximum atomic E-state index is 9.13. The van der Waals surface area contributed by atoms with Crippen molar-refractivity contribution in [1.29, 1.82) is 0 Å². The van der Waals surface area contributed by atoms with Crippen molar-refractivity contribution in [3.8, 4) is 5.75 Å². The van der Waals surface area contributed by atoms with E-state index in [9.17, 15) is 0 Å². The minimum atomic E-state index is -2.54. The highest BCUT2D eigenvalue weighted by Gasteiger charge is 1.90. The second-order valence-corrected chi connectivity index (χ2v) is 1.73. The molecule has 1 nitrogen and oxygen atoms in total. The molecule has 0 aliphatic carbocycles. The predicted octanol–water partition coefficient (Wildman–Crippen LogP) is 2.01. The van der Waals surface area contributed by atoms with Gasteiger partial charge in [0.15, 0.2) is 0 Å². The number of aryl methyl sites for hydroxylation is 2. The van der Waals surface area contributed by atoms with Crippen LogP contribution in [-0.4, -0.2) is 5.11 Å². The van der Waals surface area contributed by atoms with Crippen LogP contribution in [0, 0.1) is 13.7 Å². The fourth-order valence-electron chi connectivity index (χ4n) is 0.532. The van der Waals surface area contributed by atoms with Crippen LogP contribution in [0.1, 0.15) is 19.4 Å². The Bertz CT molecular complexity index is 364. The molecule has 1 aromatic rings. The van der Waals surface area contributed by atoms with Crippen LogP contribution in [-0.2, 0) is 0 Å². The van der Waals surface area contributed by atoms with Crippen LogP contribution in [0.2, 0.25) is 0 Å². The fraction of sp³-hybridized carbons (Fsp3) is 0.250. The van der Waals surface area contributed by atoms with E-state index in [0.29, 0.717) is 0 Å². The minimum absolute atomic E-state index is 0.250. The first-order valence-corrected chi connectivity index (χ1v) is 2.46. The van der Waals surface area contributed by atoms with E-state index in [4.69, 9.17) is 13.3 Å². The minimum Gasteiger partial charge on any atom is -0.508 e. The molecule has 0 fully saturated rings. The summed E-state index contributed by atoms with van der Waals surface area (Å²) < 4.78 is 43.0. The lowest BCUT2D eigenvalue weighted by molar-refractivity contribution is 0.474. The van der Waals surface area contributed by atoms with Gasteiger partial charge in [-0.05, 0) is 37.0 Å². The normalized spacial score (nSPS) is 22.2. The summed E-state index contributed by atoms with van der Waals surface area (Å²) in [4.78, 5) is 0. The summed E-state index contributed by atoms with van der Waals surface area (Å²) in [5.41, 5.74) is -0.581. The molecule has 0 spiro atoms. The van der Waals surface area contributed by atoms with Crippen LogP contribution in [0.3, 0.4) is 0 Å². The molecule has 9 heavy (non-hydrogen) atoms. The third-order valence-electron chi connectivity index (χ3n) is 1.00. The molecular formula is C8H10O. The highest BCUT2D eigenvalue weighted by Crippen LogP contribution is 2.13. The van der Waals surface area contributed by atoms with E-state index in [1.807, 2.05) is 0 Å². The zero-order valence-electron chi connectivity index (χ0n) is 10.7. The highest BCUT2D eigenvalue weighted by molar-refractivity contribution is 5.32. The van der Waals surface area contributed by atoms with Crippen LogP contribution in [0.4, 0.5) is 0 Å². The van der Waals surface area contributed by atoms with Gasteiger partial charge in [-0.15, -0.1) is 0 Å². The van der Waals surface area contributed by atoms with Crippen molar-refractivity contribution in [1.82, 2.24) is 0 Å². The summed E-state index contributed by atoms with van der Waals surface area (Å²) in [5.74, 6) is -0.255. The Kier molecular flexibility index (Phi) is 0.468. The van der Waals surface area contributed by atoms with Gasteiger partial charge in [0.25, 0.3) is 0 Å². The Morgan fingerprint density at radius 3 is 2.78 bits per heavy atom. The lowest BCUT2D eigenvalue weighted by Crippen LogP contribution is -1.76. The molecule has 1 rings (SSSR count). The van der Waals surface area contributed by atoms with Crippen molar-refractivity contribution in [2.75, 3.05) is 0 Å². The van der Waals surface area contributed by atoms with E-state index in [0.717, 1.165) is 18.2 Å². The lowest BCUT2D eigenvalue weighted by atomic mass is 10.1. The topological polar surface area (TPSA) is 20.2 Å². The molecule has 48 valence electrons. The van der Waals surface area contributed by atoms with Crippen LogP contribution in [0.5, 0.6) is 5.75 Å². The van der Waals surface area contributed by atoms with E-state index in [1.54, 1.807) is 0 Å². The Labute approximate surface area is 63.4 Å². The van der Waals surface area contributed by atoms with Crippen molar-refractivity contribution in [2.45, 2.75) is 13.7 Å². The van der Waals surface area contributed by atoms with Crippen molar-refractivity contribution in [2.24, 2.45) is 0 Å². The van der Waals surface area contributed by atoms with Crippen molar-refractivity contribution in [3.05, 3.63) is 29.3 Å². The predicted molar refractivity (Wildman–Crippen MR) is 37.6 cm³/mol. The van der Waals surface area contributed by atoms with Crippen molar-refractivity contribution in [3.63, 3.8) is 0 Å². The SMILES string of the molecule is [2H]C([2H])([2H])c1ccc(O)cc1C([2H])([2H])[2H]. The van der Waals surface area contributed by atoms with E-state index < -0.39 is 13.7 Å². The van der Waals surface area contributed by atoms with Gasteiger partial charge in [-0.2, -0.15) is 0 Å². The molecular weight excluding hydrogens is 112 g/mol.